The molecule has 1 N–H and O–H groups in total. The normalized spacial score (nSPS) is 11.5. The van der Waals surface area contributed by atoms with Gasteiger partial charge in [0.25, 0.3) is 0 Å². The standard InChI is InChI=1S/C18H14F3NO3/c1-2-24-12-8-9-13(14(23)10-12)16-15(11-6-4-3-5-7-11)17(22-25-16)18(19,20)21/h3-10,23H,2H2,1H3. The Labute approximate surface area is 141 Å². The Morgan fingerprint density at radius 2 is 1.84 bits per heavy atom. The van der Waals surface area contributed by atoms with E-state index in [0.717, 1.165) is 0 Å². The molecule has 0 aliphatic rings. The predicted molar refractivity (Wildman–Crippen MR) is 85.2 cm³/mol. The van der Waals surface area contributed by atoms with Gasteiger partial charge in [0.05, 0.1) is 17.7 Å². The van der Waals surface area contributed by atoms with Gasteiger partial charge in [0, 0.05) is 6.07 Å². The van der Waals surface area contributed by atoms with E-state index in [1.54, 1.807) is 31.2 Å². The van der Waals surface area contributed by atoms with Gasteiger partial charge in [0.1, 0.15) is 11.5 Å². The molecule has 0 saturated carbocycles. The van der Waals surface area contributed by atoms with Crippen LogP contribution in [0.1, 0.15) is 12.6 Å². The molecular formula is C18H14F3NO3. The number of benzene rings is 2. The van der Waals surface area contributed by atoms with E-state index in [-0.39, 0.29) is 22.6 Å². The number of alkyl halides is 3. The molecule has 1 heterocycles. The molecule has 0 aliphatic heterocycles. The fourth-order valence-electron chi connectivity index (χ4n) is 2.50. The highest BCUT2D eigenvalue weighted by molar-refractivity contribution is 5.84. The zero-order valence-electron chi connectivity index (χ0n) is 13.2. The number of phenolic OH excluding ortho intramolecular Hbond substituents is 1. The van der Waals surface area contributed by atoms with Crippen molar-refractivity contribution in [2.75, 3.05) is 6.61 Å². The molecule has 7 heteroatoms. The molecule has 2 aromatic carbocycles. The van der Waals surface area contributed by atoms with E-state index >= 15 is 0 Å². The van der Waals surface area contributed by atoms with Crippen LogP contribution in [0.25, 0.3) is 22.5 Å². The summed E-state index contributed by atoms with van der Waals surface area (Å²) >= 11 is 0. The average Bonchev–Trinajstić information content (AvgIpc) is 3.01. The number of phenols is 1. The zero-order valence-corrected chi connectivity index (χ0v) is 13.2. The molecule has 0 saturated heterocycles. The summed E-state index contributed by atoms with van der Waals surface area (Å²) in [6, 6.07) is 12.3. The maximum absolute atomic E-state index is 13.3. The molecule has 1 aromatic heterocycles. The first-order valence-electron chi connectivity index (χ1n) is 7.50. The predicted octanol–water partition coefficient (Wildman–Crippen LogP) is 5.13. The van der Waals surface area contributed by atoms with Gasteiger partial charge in [-0.2, -0.15) is 13.2 Å². The van der Waals surface area contributed by atoms with E-state index in [0.29, 0.717) is 17.9 Å². The monoisotopic (exact) mass is 349 g/mol. The minimum Gasteiger partial charge on any atom is -0.507 e. The summed E-state index contributed by atoms with van der Waals surface area (Å²) in [5.41, 5.74) is -0.959. The minimum absolute atomic E-state index is 0.102. The second-order valence-corrected chi connectivity index (χ2v) is 5.21. The van der Waals surface area contributed by atoms with E-state index in [1.807, 2.05) is 0 Å². The maximum Gasteiger partial charge on any atom is 0.437 e. The Bertz CT molecular complexity index is 873. The number of hydrogen-bond acceptors (Lipinski definition) is 4. The van der Waals surface area contributed by atoms with Crippen LogP contribution < -0.4 is 4.74 Å². The molecule has 0 spiro atoms. The first-order valence-corrected chi connectivity index (χ1v) is 7.50. The fourth-order valence-corrected chi connectivity index (χ4v) is 2.50. The van der Waals surface area contributed by atoms with Crippen molar-refractivity contribution in [3.8, 4) is 33.9 Å². The van der Waals surface area contributed by atoms with Crippen LogP contribution in [0.4, 0.5) is 13.2 Å². The van der Waals surface area contributed by atoms with Crippen LogP contribution in [0.2, 0.25) is 0 Å². The molecule has 0 atom stereocenters. The Kier molecular flexibility index (Phi) is 4.39. The van der Waals surface area contributed by atoms with Gasteiger partial charge in [-0.05, 0) is 24.6 Å². The van der Waals surface area contributed by atoms with Gasteiger partial charge in [-0.25, -0.2) is 0 Å². The Hall–Kier alpha value is -2.96. The number of aromatic hydroxyl groups is 1. The molecule has 0 amide bonds. The summed E-state index contributed by atoms with van der Waals surface area (Å²) in [6.07, 6.45) is -4.69. The summed E-state index contributed by atoms with van der Waals surface area (Å²) in [5.74, 6) is -0.00681. The van der Waals surface area contributed by atoms with Crippen molar-refractivity contribution in [2.24, 2.45) is 0 Å². The highest BCUT2D eigenvalue weighted by Crippen LogP contribution is 2.44. The molecule has 3 aromatic rings. The summed E-state index contributed by atoms with van der Waals surface area (Å²) < 4.78 is 50.2. The molecule has 0 fully saturated rings. The van der Waals surface area contributed by atoms with Gasteiger partial charge in [0.15, 0.2) is 11.5 Å². The third-order valence-electron chi connectivity index (χ3n) is 3.55. The Morgan fingerprint density at radius 1 is 1.12 bits per heavy atom. The Morgan fingerprint density at radius 3 is 2.44 bits per heavy atom. The fraction of sp³-hybridized carbons (Fsp3) is 0.167. The molecular weight excluding hydrogens is 335 g/mol. The van der Waals surface area contributed by atoms with Gasteiger partial charge in [-0.3, -0.25) is 0 Å². The number of hydrogen-bond donors (Lipinski definition) is 1. The lowest BCUT2D eigenvalue weighted by Gasteiger charge is -2.09. The van der Waals surface area contributed by atoms with Crippen LogP contribution in [0, 0.1) is 0 Å². The lowest BCUT2D eigenvalue weighted by atomic mass is 9.98. The largest absolute Gasteiger partial charge is 0.507 e. The third-order valence-corrected chi connectivity index (χ3v) is 3.55. The molecule has 4 nitrogen and oxygen atoms in total. The van der Waals surface area contributed by atoms with Crippen LogP contribution in [0.3, 0.4) is 0 Å². The maximum atomic E-state index is 13.3. The molecule has 25 heavy (non-hydrogen) atoms. The van der Waals surface area contributed by atoms with E-state index < -0.39 is 11.9 Å². The topological polar surface area (TPSA) is 55.5 Å². The van der Waals surface area contributed by atoms with Crippen molar-refractivity contribution >= 4 is 0 Å². The smallest absolute Gasteiger partial charge is 0.437 e. The van der Waals surface area contributed by atoms with E-state index in [2.05, 4.69) is 5.16 Å². The van der Waals surface area contributed by atoms with Crippen molar-refractivity contribution in [1.82, 2.24) is 5.16 Å². The summed E-state index contributed by atoms with van der Waals surface area (Å²) in [5, 5.41) is 13.4. The van der Waals surface area contributed by atoms with Crippen molar-refractivity contribution in [2.45, 2.75) is 13.1 Å². The van der Waals surface area contributed by atoms with E-state index in [1.165, 1.54) is 24.3 Å². The van der Waals surface area contributed by atoms with Crippen LogP contribution in [0.15, 0.2) is 53.1 Å². The van der Waals surface area contributed by atoms with Crippen molar-refractivity contribution in [1.29, 1.82) is 0 Å². The van der Waals surface area contributed by atoms with Crippen LogP contribution in [-0.4, -0.2) is 16.9 Å². The molecule has 130 valence electrons. The van der Waals surface area contributed by atoms with Crippen LogP contribution >= 0.6 is 0 Å². The van der Waals surface area contributed by atoms with Crippen molar-refractivity contribution < 1.29 is 27.5 Å². The van der Waals surface area contributed by atoms with Gasteiger partial charge in [-0.1, -0.05) is 35.5 Å². The molecule has 0 unspecified atom stereocenters. The minimum atomic E-state index is -4.69. The summed E-state index contributed by atoms with van der Waals surface area (Å²) in [6.45, 7) is 2.18. The van der Waals surface area contributed by atoms with Gasteiger partial charge in [-0.15, -0.1) is 0 Å². The van der Waals surface area contributed by atoms with Gasteiger partial charge in [0.2, 0.25) is 0 Å². The van der Waals surface area contributed by atoms with Crippen LogP contribution in [-0.2, 0) is 6.18 Å². The molecule has 0 bridgehead atoms. The summed E-state index contributed by atoms with van der Waals surface area (Å²) in [4.78, 5) is 0. The second-order valence-electron chi connectivity index (χ2n) is 5.21. The quantitative estimate of drug-likeness (QED) is 0.709. The number of aromatic nitrogens is 1. The zero-order chi connectivity index (χ0) is 18.0. The lowest BCUT2D eigenvalue weighted by molar-refractivity contribution is -0.142. The Balaban J connectivity index is 2.19. The molecule has 3 rings (SSSR count). The van der Waals surface area contributed by atoms with Crippen LogP contribution in [0.5, 0.6) is 11.5 Å². The molecule has 0 aliphatic carbocycles. The van der Waals surface area contributed by atoms with Gasteiger partial charge < -0.3 is 14.4 Å². The number of rotatable bonds is 4. The first kappa shape index (κ1) is 16.9. The second kappa shape index (κ2) is 6.51. The highest BCUT2D eigenvalue weighted by Gasteiger charge is 2.40. The average molecular weight is 349 g/mol. The van der Waals surface area contributed by atoms with Crippen molar-refractivity contribution in [3.05, 3.63) is 54.2 Å². The number of halogens is 3. The van der Waals surface area contributed by atoms with Gasteiger partial charge >= 0.3 is 6.18 Å². The van der Waals surface area contributed by atoms with Crippen molar-refractivity contribution in [3.63, 3.8) is 0 Å². The molecule has 0 radical (unpaired) electrons. The van der Waals surface area contributed by atoms with E-state index in [4.69, 9.17) is 9.26 Å². The number of ether oxygens (including phenoxy) is 1. The highest BCUT2D eigenvalue weighted by atomic mass is 19.4. The SMILES string of the molecule is CCOc1ccc(-c2onc(C(F)(F)F)c2-c2ccccc2)c(O)c1. The van der Waals surface area contributed by atoms with E-state index in [9.17, 15) is 18.3 Å². The third kappa shape index (κ3) is 3.31. The lowest BCUT2D eigenvalue weighted by Crippen LogP contribution is -2.07. The summed E-state index contributed by atoms with van der Waals surface area (Å²) in [7, 11) is 0. The number of nitrogens with zero attached hydrogens (tertiary/aromatic N) is 1. The first-order chi connectivity index (χ1) is 11.9.